The quantitative estimate of drug-likeness (QED) is 0.614. The zero-order chi connectivity index (χ0) is 18.3. The maximum Gasteiger partial charge on any atom is 0.336 e. The molecule has 134 valence electrons. The predicted octanol–water partition coefficient (Wildman–Crippen LogP) is 4.92. The van der Waals surface area contributed by atoms with Crippen molar-refractivity contribution in [3.05, 3.63) is 74.6 Å². The monoisotopic (exact) mass is 369 g/mol. The Balaban J connectivity index is 1.82. The number of hydrogen-bond acceptors (Lipinski definition) is 4. The standard InChI is InChI=1S/C21H20ClNO3/c1-3-14-9-19(24)26-20-16(14)10-18(22)21-17(20)11-23(12-25-21)13(2)15-7-5-4-6-8-15/h4-10,13H,3,11-12H2,1-2H3/t13-/m1/s1. The number of ether oxygens (including phenoxy) is 1. The van der Waals surface area contributed by atoms with E-state index >= 15 is 0 Å². The van der Waals surface area contributed by atoms with E-state index in [1.54, 1.807) is 6.07 Å². The SMILES string of the molecule is CCc1cc(=O)oc2c3c(c(Cl)cc12)OCN([C@H](C)c1ccccc1)C3. The van der Waals surface area contributed by atoms with Crippen molar-refractivity contribution in [3.63, 3.8) is 0 Å². The molecule has 0 N–H and O–H groups in total. The van der Waals surface area contributed by atoms with Crippen LogP contribution in [-0.4, -0.2) is 11.6 Å². The normalized spacial score (nSPS) is 15.5. The summed E-state index contributed by atoms with van der Waals surface area (Å²) >= 11 is 6.47. The Bertz CT molecular complexity index is 1010. The minimum Gasteiger partial charge on any atom is -0.476 e. The molecule has 4 nitrogen and oxygen atoms in total. The Morgan fingerprint density at radius 1 is 1.23 bits per heavy atom. The zero-order valence-electron chi connectivity index (χ0n) is 14.8. The predicted molar refractivity (Wildman–Crippen MR) is 103 cm³/mol. The maximum atomic E-state index is 12.0. The Kier molecular flexibility index (Phi) is 4.47. The highest BCUT2D eigenvalue weighted by Crippen LogP contribution is 2.40. The molecule has 0 unspecified atom stereocenters. The summed E-state index contributed by atoms with van der Waals surface area (Å²) in [6.07, 6.45) is 0.738. The fourth-order valence-corrected chi connectivity index (χ4v) is 3.83. The molecule has 2 aromatic carbocycles. The Hall–Kier alpha value is -2.30. The van der Waals surface area contributed by atoms with Gasteiger partial charge in [0.2, 0.25) is 0 Å². The number of halogens is 1. The van der Waals surface area contributed by atoms with Crippen LogP contribution in [-0.2, 0) is 13.0 Å². The molecule has 0 amide bonds. The van der Waals surface area contributed by atoms with E-state index in [0.717, 1.165) is 22.9 Å². The zero-order valence-corrected chi connectivity index (χ0v) is 15.5. The Labute approximate surface area is 156 Å². The van der Waals surface area contributed by atoms with Crippen molar-refractivity contribution in [1.82, 2.24) is 4.90 Å². The Morgan fingerprint density at radius 2 is 2.00 bits per heavy atom. The lowest BCUT2D eigenvalue weighted by molar-refractivity contribution is 0.0621. The molecular formula is C21H20ClNO3. The van der Waals surface area contributed by atoms with Crippen molar-refractivity contribution in [3.8, 4) is 5.75 Å². The molecule has 1 atom stereocenters. The first-order valence-electron chi connectivity index (χ1n) is 8.78. The topological polar surface area (TPSA) is 42.7 Å². The first-order valence-corrected chi connectivity index (χ1v) is 9.16. The second kappa shape index (κ2) is 6.78. The minimum atomic E-state index is -0.341. The van der Waals surface area contributed by atoms with Gasteiger partial charge in [-0.1, -0.05) is 48.9 Å². The number of rotatable bonds is 3. The summed E-state index contributed by atoms with van der Waals surface area (Å²) in [4.78, 5) is 14.2. The third-order valence-electron chi connectivity index (χ3n) is 5.07. The summed E-state index contributed by atoms with van der Waals surface area (Å²) in [5, 5.41) is 1.44. The maximum absolute atomic E-state index is 12.0. The van der Waals surface area contributed by atoms with Gasteiger partial charge in [0.1, 0.15) is 18.1 Å². The van der Waals surface area contributed by atoms with E-state index in [2.05, 4.69) is 24.0 Å². The fourth-order valence-electron chi connectivity index (χ4n) is 3.55. The summed E-state index contributed by atoms with van der Waals surface area (Å²) < 4.78 is 11.5. The average molecular weight is 370 g/mol. The van der Waals surface area contributed by atoms with Crippen LogP contribution in [0.25, 0.3) is 11.0 Å². The van der Waals surface area contributed by atoms with Crippen LogP contribution in [0, 0.1) is 0 Å². The molecule has 0 radical (unpaired) electrons. The smallest absolute Gasteiger partial charge is 0.336 e. The van der Waals surface area contributed by atoms with Gasteiger partial charge in [-0.25, -0.2) is 4.79 Å². The number of benzene rings is 2. The van der Waals surface area contributed by atoms with Gasteiger partial charge >= 0.3 is 5.63 Å². The molecule has 1 aliphatic heterocycles. The summed E-state index contributed by atoms with van der Waals surface area (Å²) in [5.41, 5.74) is 3.23. The molecule has 0 spiro atoms. The number of hydrogen-bond donors (Lipinski definition) is 0. The lowest BCUT2D eigenvalue weighted by Crippen LogP contribution is -2.34. The molecular weight excluding hydrogens is 350 g/mol. The van der Waals surface area contributed by atoms with Gasteiger partial charge in [-0.05, 0) is 30.5 Å². The van der Waals surface area contributed by atoms with Crippen molar-refractivity contribution < 1.29 is 9.15 Å². The molecule has 4 rings (SSSR count). The third kappa shape index (κ3) is 2.89. The number of fused-ring (bicyclic) bond motifs is 3. The first-order chi connectivity index (χ1) is 12.6. The Morgan fingerprint density at radius 3 is 2.73 bits per heavy atom. The molecule has 1 aromatic heterocycles. The fraction of sp³-hybridized carbons (Fsp3) is 0.286. The van der Waals surface area contributed by atoms with Gasteiger partial charge in [-0.2, -0.15) is 0 Å². The molecule has 5 heteroatoms. The number of aryl methyl sites for hydroxylation is 1. The molecule has 2 heterocycles. The van der Waals surface area contributed by atoms with Crippen LogP contribution in [0.4, 0.5) is 0 Å². The van der Waals surface area contributed by atoms with E-state index < -0.39 is 0 Å². The van der Waals surface area contributed by atoms with Gasteiger partial charge in [0, 0.05) is 24.0 Å². The van der Waals surface area contributed by atoms with Crippen molar-refractivity contribution in [1.29, 1.82) is 0 Å². The third-order valence-corrected chi connectivity index (χ3v) is 5.35. The van der Waals surface area contributed by atoms with Crippen LogP contribution < -0.4 is 10.4 Å². The van der Waals surface area contributed by atoms with Crippen LogP contribution in [0.15, 0.2) is 51.7 Å². The van der Waals surface area contributed by atoms with Gasteiger partial charge in [0.15, 0.2) is 0 Å². The van der Waals surface area contributed by atoms with E-state index in [-0.39, 0.29) is 11.7 Å². The van der Waals surface area contributed by atoms with Gasteiger partial charge in [-0.15, -0.1) is 0 Å². The molecule has 0 bridgehead atoms. The van der Waals surface area contributed by atoms with Gasteiger partial charge < -0.3 is 9.15 Å². The van der Waals surface area contributed by atoms with Gasteiger partial charge in [-0.3, -0.25) is 4.90 Å². The summed E-state index contributed by atoms with van der Waals surface area (Å²) in [6, 6.07) is 13.8. The van der Waals surface area contributed by atoms with E-state index in [1.165, 1.54) is 5.56 Å². The van der Waals surface area contributed by atoms with Crippen LogP contribution in [0.2, 0.25) is 5.02 Å². The molecule has 1 aliphatic rings. The lowest BCUT2D eigenvalue weighted by atomic mass is 10.0. The molecule has 0 fully saturated rings. The van der Waals surface area contributed by atoms with Crippen molar-refractivity contribution in [2.24, 2.45) is 0 Å². The number of nitrogens with zero attached hydrogens (tertiary/aromatic N) is 1. The van der Waals surface area contributed by atoms with Crippen molar-refractivity contribution in [2.45, 2.75) is 32.9 Å². The van der Waals surface area contributed by atoms with Gasteiger partial charge in [0.25, 0.3) is 0 Å². The molecule has 3 aromatic rings. The second-order valence-electron chi connectivity index (χ2n) is 6.59. The van der Waals surface area contributed by atoms with Crippen LogP contribution in [0.5, 0.6) is 5.75 Å². The molecule has 0 aliphatic carbocycles. The molecule has 26 heavy (non-hydrogen) atoms. The van der Waals surface area contributed by atoms with Gasteiger partial charge in [0.05, 0.1) is 10.6 Å². The summed E-state index contributed by atoms with van der Waals surface area (Å²) in [7, 11) is 0. The largest absolute Gasteiger partial charge is 0.476 e. The summed E-state index contributed by atoms with van der Waals surface area (Å²) in [6.45, 7) is 5.20. The lowest BCUT2D eigenvalue weighted by Gasteiger charge is -2.34. The molecule has 0 saturated heterocycles. The molecule has 0 saturated carbocycles. The highest BCUT2D eigenvalue weighted by Gasteiger charge is 2.28. The highest BCUT2D eigenvalue weighted by molar-refractivity contribution is 6.33. The minimum absolute atomic E-state index is 0.166. The van der Waals surface area contributed by atoms with Crippen LogP contribution in [0.3, 0.4) is 0 Å². The van der Waals surface area contributed by atoms with E-state index in [0.29, 0.717) is 29.6 Å². The second-order valence-corrected chi connectivity index (χ2v) is 7.00. The summed E-state index contributed by atoms with van der Waals surface area (Å²) in [5.74, 6) is 0.618. The average Bonchev–Trinajstić information content (AvgIpc) is 2.68. The highest BCUT2D eigenvalue weighted by atomic mass is 35.5. The van der Waals surface area contributed by atoms with E-state index in [9.17, 15) is 4.79 Å². The van der Waals surface area contributed by atoms with E-state index in [1.807, 2.05) is 31.2 Å². The van der Waals surface area contributed by atoms with E-state index in [4.69, 9.17) is 20.8 Å². The van der Waals surface area contributed by atoms with Crippen LogP contribution in [0.1, 0.15) is 36.6 Å². The van der Waals surface area contributed by atoms with Crippen molar-refractivity contribution >= 4 is 22.6 Å². The van der Waals surface area contributed by atoms with Crippen molar-refractivity contribution in [2.75, 3.05) is 6.73 Å². The first kappa shape index (κ1) is 17.1. The van der Waals surface area contributed by atoms with Crippen LogP contribution >= 0.6 is 11.6 Å².